The van der Waals surface area contributed by atoms with Gasteiger partial charge in [0.25, 0.3) is 5.91 Å². The molecular weight excluding hydrogens is 475 g/mol. The summed E-state index contributed by atoms with van der Waals surface area (Å²) >= 11 is 0. The standard InChI is InChI=1S/C27H22F3NO5/c1-15-5-4-6-19(13-15)31-23(17-9-12-20(35-2)21(14-17)36-3)22(25(33)26(31)34)24(32)16-7-10-18(11-8-16)27(28,29)30/h4-14,22-23H,1-3H3. The zero-order valence-electron chi connectivity index (χ0n) is 19.6. The van der Waals surface area contributed by atoms with Gasteiger partial charge >= 0.3 is 6.18 Å². The number of methoxy groups -OCH3 is 2. The predicted octanol–water partition coefficient (Wildman–Crippen LogP) is 5.19. The van der Waals surface area contributed by atoms with Crippen LogP contribution in [0.5, 0.6) is 11.5 Å². The maximum absolute atomic E-state index is 13.5. The molecule has 1 amide bonds. The summed E-state index contributed by atoms with van der Waals surface area (Å²) in [5, 5.41) is 0. The molecule has 2 atom stereocenters. The van der Waals surface area contributed by atoms with Gasteiger partial charge in [0, 0.05) is 11.3 Å². The number of ether oxygens (including phenoxy) is 2. The number of carbonyl (C=O) groups excluding carboxylic acids is 3. The lowest BCUT2D eigenvalue weighted by Gasteiger charge is -2.28. The minimum Gasteiger partial charge on any atom is -0.493 e. The molecule has 1 fully saturated rings. The van der Waals surface area contributed by atoms with E-state index in [9.17, 15) is 27.6 Å². The third-order valence-electron chi connectivity index (χ3n) is 6.11. The summed E-state index contributed by atoms with van der Waals surface area (Å²) in [6, 6.07) is 14.2. The number of ketones is 2. The van der Waals surface area contributed by atoms with E-state index in [1.54, 1.807) is 36.4 Å². The summed E-state index contributed by atoms with van der Waals surface area (Å²) in [4.78, 5) is 41.2. The minimum atomic E-state index is -4.58. The third kappa shape index (κ3) is 4.44. The maximum Gasteiger partial charge on any atom is 0.416 e. The lowest BCUT2D eigenvalue weighted by Crippen LogP contribution is -2.30. The van der Waals surface area contributed by atoms with E-state index in [4.69, 9.17) is 9.47 Å². The van der Waals surface area contributed by atoms with Crippen molar-refractivity contribution in [2.75, 3.05) is 19.1 Å². The van der Waals surface area contributed by atoms with Crippen LogP contribution in [0.15, 0.2) is 66.7 Å². The first kappa shape index (κ1) is 25.0. The Bertz CT molecular complexity index is 1330. The molecule has 1 saturated heterocycles. The van der Waals surface area contributed by atoms with E-state index in [2.05, 4.69) is 0 Å². The Morgan fingerprint density at radius 2 is 1.56 bits per heavy atom. The highest BCUT2D eigenvalue weighted by Gasteiger charge is 2.52. The van der Waals surface area contributed by atoms with E-state index in [1.807, 2.05) is 13.0 Å². The van der Waals surface area contributed by atoms with E-state index in [0.717, 1.165) is 29.8 Å². The van der Waals surface area contributed by atoms with Crippen molar-refractivity contribution in [3.63, 3.8) is 0 Å². The molecule has 6 nitrogen and oxygen atoms in total. The molecule has 9 heteroatoms. The van der Waals surface area contributed by atoms with Crippen LogP contribution in [0.2, 0.25) is 0 Å². The van der Waals surface area contributed by atoms with Crippen molar-refractivity contribution in [1.82, 2.24) is 0 Å². The normalized spacial score (nSPS) is 17.9. The summed E-state index contributed by atoms with van der Waals surface area (Å²) in [7, 11) is 2.88. The summed E-state index contributed by atoms with van der Waals surface area (Å²) in [6.45, 7) is 1.82. The lowest BCUT2D eigenvalue weighted by molar-refractivity contribution is -0.137. The molecule has 4 rings (SSSR count). The van der Waals surface area contributed by atoms with Crippen LogP contribution < -0.4 is 14.4 Å². The zero-order chi connectivity index (χ0) is 26.2. The number of alkyl halides is 3. The molecule has 186 valence electrons. The van der Waals surface area contributed by atoms with Crippen LogP contribution in [0.1, 0.15) is 33.1 Å². The molecule has 1 aliphatic rings. The molecule has 0 N–H and O–H groups in total. The predicted molar refractivity (Wildman–Crippen MR) is 125 cm³/mol. The van der Waals surface area contributed by atoms with Crippen molar-refractivity contribution in [2.45, 2.75) is 19.1 Å². The maximum atomic E-state index is 13.5. The molecule has 0 bridgehead atoms. The molecule has 2 unspecified atom stereocenters. The first-order valence-corrected chi connectivity index (χ1v) is 10.9. The topological polar surface area (TPSA) is 72.9 Å². The average Bonchev–Trinajstić information content (AvgIpc) is 3.13. The van der Waals surface area contributed by atoms with Crippen LogP contribution in [0, 0.1) is 12.8 Å². The van der Waals surface area contributed by atoms with E-state index in [-0.39, 0.29) is 5.56 Å². The minimum absolute atomic E-state index is 0.106. The van der Waals surface area contributed by atoms with Gasteiger partial charge in [-0.15, -0.1) is 0 Å². The molecule has 0 spiro atoms. The number of halogens is 3. The molecule has 3 aromatic carbocycles. The van der Waals surface area contributed by atoms with E-state index in [1.165, 1.54) is 19.1 Å². The second kappa shape index (κ2) is 9.49. The molecule has 0 aromatic heterocycles. The highest BCUT2D eigenvalue weighted by Crippen LogP contribution is 2.43. The smallest absolute Gasteiger partial charge is 0.416 e. The van der Waals surface area contributed by atoms with Crippen molar-refractivity contribution in [3.8, 4) is 11.5 Å². The van der Waals surface area contributed by atoms with Crippen molar-refractivity contribution in [2.24, 2.45) is 5.92 Å². The second-order valence-electron chi connectivity index (χ2n) is 8.35. The van der Waals surface area contributed by atoms with Crippen molar-refractivity contribution < 1.29 is 37.0 Å². The molecule has 3 aromatic rings. The highest BCUT2D eigenvalue weighted by molar-refractivity contribution is 6.49. The van der Waals surface area contributed by atoms with Crippen molar-refractivity contribution >= 4 is 23.2 Å². The summed E-state index contributed by atoms with van der Waals surface area (Å²) < 4.78 is 49.7. The van der Waals surface area contributed by atoms with Gasteiger partial charge in [0.2, 0.25) is 5.78 Å². The summed E-state index contributed by atoms with van der Waals surface area (Å²) in [5.74, 6) is -3.33. The number of rotatable bonds is 6. The van der Waals surface area contributed by atoms with Crippen molar-refractivity contribution in [3.05, 3.63) is 89.0 Å². The molecule has 1 aliphatic heterocycles. The van der Waals surface area contributed by atoms with Crippen LogP contribution in [-0.2, 0) is 15.8 Å². The SMILES string of the molecule is COc1ccc(C2C(C(=O)c3ccc(C(F)(F)F)cc3)C(=O)C(=O)N2c2cccc(C)c2)cc1OC. The fraction of sp³-hybridized carbons (Fsp3) is 0.222. The van der Waals surface area contributed by atoms with Crippen LogP contribution in [-0.4, -0.2) is 31.7 Å². The van der Waals surface area contributed by atoms with Gasteiger partial charge < -0.3 is 9.47 Å². The van der Waals surface area contributed by atoms with Crippen LogP contribution in [0.4, 0.5) is 18.9 Å². The molecule has 0 aliphatic carbocycles. The average molecular weight is 497 g/mol. The largest absolute Gasteiger partial charge is 0.493 e. The van der Waals surface area contributed by atoms with Gasteiger partial charge in [-0.25, -0.2) is 0 Å². The number of amides is 1. The lowest BCUT2D eigenvalue weighted by atomic mass is 9.86. The number of hydrogen-bond donors (Lipinski definition) is 0. The molecule has 0 saturated carbocycles. The number of aryl methyl sites for hydroxylation is 1. The number of nitrogens with zero attached hydrogens (tertiary/aromatic N) is 1. The fourth-order valence-corrected chi connectivity index (χ4v) is 4.37. The first-order chi connectivity index (χ1) is 17.1. The number of hydrogen-bond acceptors (Lipinski definition) is 5. The van der Waals surface area contributed by atoms with E-state index in [0.29, 0.717) is 22.7 Å². The van der Waals surface area contributed by atoms with Crippen LogP contribution in [0.3, 0.4) is 0 Å². The van der Waals surface area contributed by atoms with Gasteiger partial charge in [0.15, 0.2) is 17.3 Å². The third-order valence-corrected chi connectivity index (χ3v) is 6.11. The molecule has 36 heavy (non-hydrogen) atoms. The van der Waals surface area contributed by atoms with Gasteiger partial charge in [-0.1, -0.05) is 30.3 Å². The zero-order valence-corrected chi connectivity index (χ0v) is 19.6. The number of benzene rings is 3. The Hall–Kier alpha value is -4.14. The summed E-state index contributed by atoms with van der Waals surface area (Å²) in [6.07, 6.45) is -4.58. The molecular formula is C27H22F3NO5. The van der Waals surface area contributed by atoms with Crippen molar-refractivity contribution in [1.29, 1.82) is 0 Å². The number of anilines is 1. The first-order valence-electron chi connectivity index (χ1n) is 10.9. The second-order valence-corrected chi connectivity index (χ2v) is 8.35. The Morgan fingerprint density at radius 1 is 0.889 bits per heavy atom. The monoisotopic (exact) mass is 497 g/mol. The van der Waals surface area contributed by atoms with Crippen LogP contribution >= 0.6 is 0 Å². The fourth-order valence-electron chi connectivity index (χ4n) is 4.37. The molecule has 0 radical (unpaired) electrons. The van der Waals surface area contributed by atoms with Crippen LogP contribution in [0.25, 0.3) is 0 Å². The van der Waals surface area contributed by atoms with Gasteiger partial charge in [-0.2, -0.15) is 13.2 Å². The Morgan fingerprint density at radius 3 is 2.14 bits per heavy atom. The Labute approximate surface area is 205 Å². The number of carbonyl (C=O) groups is 3. The Balaban J connectivity index is 1.85. The van der Waals surface area contributed by atoms with Gasteiger partial charge in [-0.05, 0) is 54.4 Å². The molecule has 1 heterocycles. The van der Waals surface area contributed by atoms with Gasteiger partial charge in [-0.3, -0.25) is 19.3 Å². The van der Waals surface area contributed by atoms with E-state index < -0.39 is 41.2 Å². The highest BCUT2D eigenvalue weighted by atomic mass is 19.4. The van der Waals surface area contributed by atoms with Gasteiger partial charge in [0.1, 0.15) is 5.92 Å². The number of Topliss-reactive ketones (excluding diaryl/α,β-unsaturated/α-hetero) is 2. The van der Waals surface area contributed by atoms with E-state index >= 15 is 0 Å². The quantitative estimate of drug-likeness (QED) is 0.266. The Kier molecular flexibility index (Phi) is 6.58. The van der Waals surface area contributed by atoms with Gasteiger partial charge in [0.05, 0.1) is 25.8 Å². The summed E-state index contributed by atoms with van der Waals surface area (Å²) in [5.41, 5.74) is 0.641.